The van der Waals surface area contributed by atoms with Gasteiger partial charge in [0.05, 0.1) is 13.2 Å². The molecule has 0 saturated heterocycles. The molecule has 0 fully saturated rings. The fraction of sp³-hybridized carbons (Fsp3) is 0.600. The Morgan fingerprint density at radius 1 is 1.32 bits per heavy atom. The SMILES string of the molecule is CCCOc1ccc(CNC)c(OCC(C)CO)c1. The second kappa shape index (κ2) is 8.77. The van der Waals surface area contributed by atoms with E-state index in [2.05, 4.69) is 12.2 Å². The number of rotatable bonds is 9. The molecule has 1 atom stereocenters. The number of aliphatic hydroxyl groups excluding tert-OH is 1. The van der Waals surface area contributed by atoms with Crippen LogP contribution in [0.2, 0.25) is 0 Å². The Bertz CT molecular complexity index is 368. The highest BCUT2D eigenvalue weighted by Crippen LogP contribution is 2.25. The van der Waals surface area contributed by atoms with Crippen LogP contribution in [0, 0.1) is 5.92 Å². The van der Waals surface area contributed by atoms with E-state index in [1.165, 1.54) is 0 Å². The summed E-state index contributed by atoms with van der Waals surface area (Å²) < 4.78 is 11.4. The van der Waals surface area contributed by atoms with Crippen molar-refractivity contribution in [1.82, 2.24) is 5.32 Å². The molecule has 0 bridgehead atoms. The van der Waals surface area contributed by atoms with Gasteiger partial charge in [-0.25, -0.2) is 0 Å². The van der Waals surface area contributed by atoms with Crippen molar-refractivity contribution in [1.29, 1.82) is 0 Å². The van der Waals surface area contributed by atoms with Crippen molar-refractivity contribution in [2.24, 2.45) is 5.92 Å². The monoisotopic (exact) mass is 267 g/mol. The molecule has 0 aliphatic carbocycles. The van der Waals surface area contributed by atoms with Crippen LogP contribution in [0.1, 0.15) is 25.8 Å². The lowest BCUT2D eigenvalue weighted by atomic mass is 10.1. The summed E-state index contributed by atoms with van der Waals surface area (Å²) in [6, 6.07) is 5.90. The molecule has 1 unspecified atom stereocenters. The van der Waals surface area contributed by atoms with E-state index in [1.54, 1.807) is 0 Å². The topological polar surface area (TPSA) is 50.7 Å². The molecule has 0 heterocycles. The molecule has 0 radical (unpaired) electrons. The molecule has 19 heavy (non-hydrogen) atoms. The smallest absolute Gasteiger partial charge is 0.127 e. The van der Waals surface area contributed by atoms with Gasteiger partial charge >= 0.3 is 0 Å². The molecule has 108 valence electrons. The summed E-state index contributed by atoms with van der Waals surface area (Å²) >= 11 is 0. The Morgan fingerprint density at radius 3 is 2.74 bits per heavy atom. The number of nitrogens with one attached hydrogen (secondary N) is 1. The molecule has 0 amide bonds. The average molecular weight is 267 g/mol. The molecular formula is C15H25NO3. The summed E-state index contributed by atoms with van der Waals surface area (Å²) in [7, 11) is 1.90. The van der Waals surface area contributed by atoms with E-state index in [0.29, 0.717) is 13.2 Å². The first kappa shape index (κ1) is 15.8. The van der Waals surface area contributed by atoms with Gasteiger partial charge in [-0.05, 0) is 19.5 Å². The third-order valence-electron chi connectivity index (χ3n) is 2.71. The molecule has 1 aromatic carbocycles. The molecule has 4 nitrogen and oxygen atoms in total. The lowest BCUT2D eigenvalue weighted by Gasteiger charge is -2.15. The van der Waals surface area contributed by atoms with Crippen molar-refractivity contribution in [3.05, 3.63) is 23.8 Å². The number of ether oxygens (including phenoxy) is 2. The van der Waals surface area contributed by atoms with Crippen molar-refractivity contribution >= 4 is 0 Å². The van der Waals surface area contributed by atoms with Crippen LogP contribution in [0.5, 0.6) is 11.5 Å². The van der Waals surface area contributed by atoms with Crippen LogP contribution in [0.15, 0.2) is 18.2 Å². The van der Waals surface area contributed by atoms with Gasteiger partial charge in [0.2, 0.25) is 0 Å². The van der Waals surface area contributed by atoms with Crippen molar-refractivity contribution in [3.63, 3.8) is 0 Å². The predicted molar refractivity (Wildman–Crippen MR) is 76.7 cm³/mol. The summed E-state index contributed by atoms with van der Waals surface area (Å²) in [5.41, 5.74) is 1.09. The van der Waals surface area contributed by atoms with E-state index in [4.69, 9.17) is 14.6 Å². The Balaban J connectivity index is 2.75. The second-order valence-electron chi connectivity index (χ2n) is 4.75. The van der Waals surface area contributed by atoms with Crippen LogP contribution in [0.4, 0.5) is 0 Å². The van der Waals surface area contributed by atoms with Crippen LogP contribution in [-0.4, -0.2) is 32.0 Å². The van der Waals surface area contributed by atoms with Crippen LogP contribution < -0.4 is 14.8 Å². The van der Waals surface area contributed by atoms with Gasteiger partial charge in [0.25, 0.3) is 0 Å². The van der Waals surface area contributed by atoms with Gasteiger partial charge in [0.1, 0.15) is 11.5 Å². The normalized spacial score (nSPS) is 12.2. The van der Waals surface area contributed by atoms with Crippen LogP contribution in [0.25, 0.3) is 0 Å². The summed E-state index contributed by atoms with van der Waals surface area (Å²) in [4.78, 5) is 0. The van der Waals surface area contributed by atoms with Crippen molar-refractivity contribution in [3.8, 4) is 11.5 Å². The Kier molecular flexibility index (Phi) is 7.30. The van der Waals surface area contributed by atoms with Crippen molar-refractivity contribution in [2.45, 2.75) is 26.8 Å². The lowest BCUT2D eigenvalue weighted by molar-refractivity contribution is 0.173. The van der Waals surface area contributed by atoms with E-state index < -0.39 is 0 Å². The second-order valence-corrected chi connectivity index (χ2v) is 4.75. The molecule has 0 spiro atoms. The number of hydrogen-bond acceptors (Lipinski definition) is 4. The molecule has 4 heteroatoms. The minimum Gasteiger partial charge on any atom is -0.493 e. The first-order valence-corrected chi connectivity index (χ1v) is 6.85. The highest BCUT2D eigenvalue weighted by Gasteiger charge is 2.08. The first-order valence-electron chi connectivity index (χ1n) is 6.85. The van der Waals surface area contributed by atoms with Gasteiger partial charge in [0.15, 0.2) is 0 Å². The summed E-state index contributed by atoms with van der Waals surface area (Å²) in [5.74, 6) is 1.78. The van der Waals surface area contributed by atoms with Gasteiger partial charge < -0.3 is 19.9 Å². The van der Waals surface area contributed by atoms with Crippen molar-refractivity contribution in [2.75, 3.05) is 26.9 Å². The maximum atomic E-state index is 9.04. The number of aliphatic hydroxyl groups is 1. The average Bonchev–Trinajstić information content (AvgIpc) is 2.44. The van der Waals surface area contributed by atoms with Crippen LogP contribution in [-0.2, 0) is 6.54 Å². The Hall–Kier alpha value is -1.26. The fourth-order valence-corrected chi connectivity index (χ4v) is 1.60. The number of hydrogen-bond donors (Lipinski definition) is 2. The summed E-state index contributed by atoms with van der Waals surface area (Å²) in [6.07, 6.45) is 0.982. The van der Waals surface area contributed by atoms with Gasteiger partial charge in [-0.3, -0.25) is 0 Å². The van der Waals surface area contributed by atoms with Crippen molar-refractivity contribution < 1.29 is 14.6 Å². The van der Waals surface area contributed by atoms with Gasteiger partial charge in [-0.1, -0.05) is 19.9 Å². The van der Waals surface area contributed by atoms with Crippen LogP contribution >= 0.6 is 0 Å². The molecule has 0 aliphatic heterocycles. The standard InChI is InChI=1S/C15H25NO3/c1-4-7-18-14-6-5-13(9-16-3)15(8-14)19-11-12(2)10-17/h5-6,8,12,16-17H,4,7,9-11H2,1-3H3. The zero-order chi connectivity index (χ0) is 14.1. The lowest BCUT2D eigenvalue weighted by Crippen LogP contribution is -2.14. The fourth-order valence-electron chi connectivity index (χ4n) is 1.60. The quantitative estimate of drug-likeness (QED) is 0.720. The minimum atomic E-state index is 0.127. The third kappa shape index (κ3) is 5.49. The van der Waals surface area contributed by atoms with Gasteiger partial charge in [-0.2, -0.15) is 0 Å². The van der Waals surface area contributed by atoms with E-state index >= 15 is 0 Å². The van der Waals surface area contributed by atoms with E-state index in [-0.39, 0.29) is 12.5 Å². The minimum absolute atomic E-state index is 0.127. The summed E-state index contributed by atoms with van der Waals surface area (Å²) in [6.45, 7) is 6.12. The third-order valence-corrected chi connectivity index (χ3v) is 2.71. The van der Waals surface area contributed by atoms with Gasteiger partial charge in [-0.15, -0.1) is 0 Å². The molecule has 0 aromatic heterocycles. The summed E-state index contributed by atoms with van der Waals surface area (Å²) in [5, 5.41) is 12.2. The Morgan fingerprint density at radius 2 is 2.11 bits per heavy atom. The van der Waals surface area contributed by atoms with E-state index in [9.17, 15) is 0 Å². The first-order chi connectivity index (χ1) is 9.21. The molecule has 1 rings (SSSR count). The van der Waals surface area contributed by atoms with E-state index in [1.807, 2.05) is 32.2 Å². The van der Waals surface area contributed by atoms with E-state index in [0.717, 1.165) is 30.0 Å². The van der Waals surface area contributed by atoms with Crippen LogP contribution in [0.3, 0.4) is 0 Å². The largest absolute Gasteiger partial charge is 0.493 e. The zero-order valence-corrected chi connectivity index (χ0v) is 12.1. The van der Waals surface area contributed by atoms with Gasteiger partial charge in [0, 0.05) is 30.7 Å². The Labute approximate surface area is 115 Å². The number of benzene rings is 1. The molecule has 0 aliphatic rings. The highest BCUT2D eigenvalue weighted by atomic mass is 16.5. The maximum absolute atomic E-state index is 9.04. The highest BCUT2D eigenvalue weighted by molar-refractivity contribution is 5.40. The molecule has 2 N–H and O–H groups in total. The maximum Gasteiger partial charge on any atom is 0.127 e. The molecule has 1 aromatic rings. The predicted octanol–water partition coefficient (Wildman–Crippen LogP) is 2.20. The molecular weight excluding hydrogens is 242 g/mol. The molecule has 0 saturated carbocycles. The zero-order valence-electron chi connectivity index (χ0n) is 12.1.